The number of piperidine rings is 1. The fourth-order valence-electron chi connectivity index (χ4n) is 2.13. The number of carbonyl (C=O) groups excluding carboxylic acids is 1. The number of carbonyl (C=O) groups is 1. The maximum atomic E-state index is 12.3. The molecule has 2 heterocycles. The molecule has 1 atom stereocenters. The Morgan fingerprint density at radius 1 is 1.53 bits per heavy atom. The van der Waals surface area contributed by atoms with Gasteiger partial charge in [-0.25, -0.2) is 0 Å². The highest BCUT2D eigenvalue weighted by Gasteiger charge is 2.27. The van der Waals surface area contributed by atoms with Gasteiger partial charge in [0, 0.05) is 30.9 Å². The van der Waals surface area contributed by atoms with Crippen molar-refractivity contribution >= 4 is 29.1 Å². The van der Waals surface area contributed by atoms with Crippen LogP contribution >= 0.6 is 23.2 Å². The Kier molecular flexibility index (Phi) is 4.24. The van der Waals surface area contributed by atoms with Gasteiger partial charge in [0.1, 0.15) is 0 Å². The van der Waals surface area contributed by atoms with Crippen LogP contribution in [0.2, 0.25) is 5.02 Å². The maximum absolute atomic E-state index is 12.3. The van der Waals surface area contributed by atoms with Crippen molar-refractivity contribution < 1.29 is 4.79 Å². The normalized spacial score (nSPS) is 20.4. The summed E-state index contributed by atoms with van der Waals surface area (Å²) < 4.78 is 0. The van der Waals surface area contributed by atoms with E-state index in [-0.39, 0.29) is 11.9 Å². The lowest BCUT2D eigenvalue weighted by Crippen LogP contribution is -2.44. The van der Waals surface area contributed by atoms with Crippen LogP contribution < -0.4 is 0 Å². The zero-order chi connectivity index (χ0) is 12.3. The number of amides is 1. The molecule has 0 aliphatic carbocycles. The minimum absolute atomic E-state index is 0.0391. The molecule has 1 fully saturated rings. The molecule has 0 spiro atoms. The molecule has 1 unspecified atom stereocenters. The average Bonchev–Trinajstić information content (AvgIpc) is 2.38. The summed E-state index contributed by atoms with van der Waals surface area (Å²) in [5.74, 6) is 0.441. The van der Waals surface area contributed by atoms with Crippen molar-refractivity contribution in [2.24, 2.45) is 0 Å². The lowest BCUT2D eigenvalue weighted by Gasteiger charge is -2.34. The second kappa shape index (κ2) is 5.69. The fraction of sp³-hybridized carbons (Fsp3) is 0.500. The van der Waals surface area contributed by atoms with E-state index in [2.05, 4.69) is 4.98 Å². The maximum Gasteiger partial charge on any atom is 0.255 e. The summed E-state index contributed by atoms with van der Waals surface area (Å²) in [7, 11) is 0. The summed E-state index contributed by atoms with van der Waals surface area (Å²) in [5, 5.41) is 0.399. The van der Waals surface area contributed by atoms with Gasteiger partial charge in [0.25, 0.3) is 5.91 Å². The second-order valence-corrected chi connectivity index (χ2v) is 4.87. The first-order chi connectivity index (χ1) is 8.24. The van der Waals surface area contributed by atoms with Crippen molar-refractivity contribution in [2.75, 3.05) is 12.4 Å². The first kappa shape index (κ1) is 12.7. The lowest BCUT2D eigenvalue weighted by molar-refractivity contribution is 0.0639. The molecular weight excluding hydrogens is 259 g/mol. The van der Waals surface area contributed by atoms with Crippen LogP contribution in [0.3, 0.4) is 0 Å². The van der Waals surface area contributed by atoms with Crippen molar-refractivity contribution in [1.29, 1.82) is 0 Å². The minimum atomic E-state index is -0.0391. The zero-order valence-corrected chi connectivity index (χ0v) is 10.9. The van der Waals surface area contributed by atoms with E-state index in [4.69, 9.17) is 23.2 Å². The molecule has 1 aromatic heterocycles. The van der Waals surface area contributed by atoms with Gasteiger partial charge < -0.3 is 4.90 Å². The molecule has 1 aromatic rings. The van der Waals surface area contributed by atoms with Crippen LogP contribution in [-0.2, 0) is 0 Å². The number of rotatable bonds is 2. The molecule has 1 aliphatic rings. The Hall–Kier alpha value is -0.800. The fourth-order valence-corrected chi connectivity index (χ4v) is 2.65. The Morgan fingerprint density at radius 2 is 2.35 bits per heavy atom. The molecule has 0 radical (unpaired) electrons. The van der Waals surface area contributed by atoms with Crippen LogP contribution in [0.4, 0.5) is 0 Å². The molecule has 3 nitrogen and oxygen atoms in total. The smallest absolute Gasteiger partial charge is 0.255 e. The molecule has 5 heteroatoms. The van der Waals surface area contributed by atoms with Crippen LogP contribution in [0.15, 0.2) is 18.5 Å². The van der Waals surface area contributed by atoms with Crippen molar-refractivity contribution in [3.05, 3.63) is 29.0 Å². The number of hydrogen-bond donors (Lipinski definition) is 0. The topological polar surface area (TPSA) is 33.2 Å². The highest BCUT2D eigenvalue weighted by atomic mass is 35.5. The van der Waals surface area contributed by atoms with Crippen LogP contribution in [-0.4, -0.2) is 34.3 Å². The third-order valence-corrected chi connectivity index (χ3v) is 3.73. The Balaban J connectivity index is 2.21. The van der Waals surface area contributed by atoms with E-state index >= 15 is 0 Å². The molecule has 1 saturated heterocycles. The molecule has 0 N–H and O–H groups in total. The highest BCUT2D eigenvalue weighted by Crippen LogP contribution is 2.23. The van der Waals surface area contributed by atoms with Gasteiger partial charge in [-0.2, -0.15) is 0 Å². The van der Waals surface area contributed by atoms with E-state index in [1.807, 2.05) is 4.90 Å². The summed E-state index contributed by atoms with van der Waals surface area (Å²) in [6.45, 7) is 0.759. The van der Waals surface area contributed by atoms with E-state index in [1.54, 1.807) is 12.3 Å². The number of pyridine rings is 1. The largest absolute Gasteiger partial charge is 0.334 e. The quantitative estimate of drug-likeness (QED) is 0.776. The molecule has 1 aliphatic heterocycles. The van der Waals surface area contributed by atoms with Gasteiger partial charge in [-0.1, -0.05) is 11.6 Å². The summed E-state index contributed by atoms with van der Waals surface area (Å²) in [6.07, 6.45) is 6.21. The van der Waals surface area contributed by atoms with Gasteiger partial charge in [-0.3, -0.25) is 9.78 Å². The summed E-state index contributed by atoms with van der Waals surface area (Å²) in [4.78, 5) is 18.1. The van der Waals surface area contributed by atoms with Gasteiger partial charge in [0.2, 0.25) is 0 Å². The molecule has 1 amide bonds. The van der Waals surface area contributed by atoms with Gasteiger partial charge in [0.05, 0.1) is 10.6 Å². The number of likely N-dealkylation sites (tertiary alicyclic amines) is 1. The number of halogens is 2. The molecule has 0 bridgehead atoms. The van der Waals surface area contributed by atoms with E-state index in [0.717, 1.165) is 25.8 Å². The van der Waals surface area contributed by atoms with Crippen LogP contribution in [0.5, 0.6) is 0 Å². The Morgan fingerprint density at radius 3 is 3.06 bits per heavy atom. The molecular formula is C12H14Cl2N2O. The van der Waals surface area contributed by atoms with Crippen LogP contribution in [0, 0.1) is 0 Å². The van der Waals surface area contributed by atoms with E-state index in [1.165, 1.54) is 6.20 Å². The third kappa shape index (κ3) is 2.72. The molecule has 0 saturated carbocycles. The van der Waals surface area contributed by atoms with Gasteiger partial charge in [0.15, 0.2) is 0 Å². The van der Waals surface area contributed by atoms with Gasteiger partial charge >= 0.3 is 0 Å². The Labute approximate surface area is 111 Å². The first-order valence-corrected chi connectivity index (χ1v) is 6.61. The van der Waals surface area contributed by atoms with Crippen molar-refractivity contribution in [3.8, 4) is 0 Å². The standard InChI is InChI=1S/C12H14Cl2N2O/c13-7-9-3-1-2-6-16(9)12(17)10-4-5-15-8-11(10)14/h4-5,8-9H,1-3,6-7H2. The predicted octanol–water partition coefficient (Wildman–Crippen LogP) is 2.97. The number of aromatic nitrogens is 1. The first-order valence-electron chi connectivity index (χ1n) is 5.70. The SMILES string of the molecule is O=C(c1ccncc1Cl)N1CCCCC1CCl. The van der Waals surface area contributed by atoms with Crippen molar-refractivity contribution in [2.45, 2.75) is 25.3 Å². The minimum Gasteiger partial charge on any atom is -0.334 e. The number of alkyl halides is 1. The third-order valence-electron chi connectivity index (χ3n) is 3.07. The van der Waals surface area contributed by atoms with Gasteiger partial charge in [-0.05, 0) is 25.3 Å². The van der Waals surface area contributed by atoms with Crippen LogP contribution in [0.1, 0.15) is 29.6 Å². The van der Waals surface area contributed by atoms with E-state index in [9.17, 15) is 4.79 Å². The van der Waals surface area contributed by atoms with Gasteiger partial charge in [-0.15, -0.1) is 11.6 Å². The van der Waals surface area contributed by atoms with Crippen molar-refractivity contribution in [1.82, 2.24) is 9.88 Å². The average molecular weight is 273 g/mol. The number of hydrogen-bond acceptors (Lipinski definition) is 2. The predicted molar refractivity (Wildman–Crippen MR) is 68.6 cm³/mol. The van der Waals surface area contributed by atoms with Crippen LogP contribution in [0.25, 0.3) is 0 Å². The molecule has 0 aromatic carbocycles. The van der Waals surface area contributed by atoms with Crippen molar-refractivity contribution in [3.63, 3.8) is 0 Å². The lowest BCUT2D eigenvalue weighted by atomic mass is 10.0. The summed E-state index contributed by atoms with van der Waals surface area (Å²) >= 11 is 11.9. The molecule has 2 rings (SSSR count). The summed E-state index contributed by atoms with van der Waals surface area (Å²) in [6, 6.07) is 1.78. The monoisotopic (exact) mass is 272 g/mol. The molecule has 92 valence electrons. The zero-order valence-electron chi connectivity index (χ0n) is 9.40. The summed E-state index contributed by atoms with van der Waals surface area (Å²) in [5.41, 5.74) is 0.513. The second-order valence-electron chi connectivity index (χ2n) is 4.16. The highest BCUT2D eigenvalue weighted by molar-refractivity contribution is 6.33. The van der Waals surface area contributed by atoms with E-state index < -0.39 is 0 Å². The Bertz CT molecular complexity index is 411. The molecule has 17 heavy (non-hydrogen) atoms. The number of nitrogens with zero attached hydrogens (tertiary/aromatic N) is 2. The van der Waals surface area contributed by atoms with E-state index in [0.29, 0.717) is 16.5 Å².